The number of carbonyl (C=O) groups excluding carboxylic acids is 3. The molecule has 0 saturated carbocycles. The third kappa shape index (κ3) is 10.0. The monoisotopic (exact) mass is 602 g/mol. The molecule has 0 radical (unpaired) electrons. The van der Waals surface area contributed by atoms with Crippen LogP contribution in [0.1, 0.15) is 37.3 Å². The molecule has 1 heterocycles. The molecule has 1 saturated heterocycles. The average molecular weight is 603 g/mol. The van der Waals surface area contributed by atoms with Gasteiger partial charge in [0.2, 0.25) is 5.91 Å². The van der Waals surface area contributed by atoms with Crippen molar-refractivity contribution < 1.29 is 28.6 Å². The molecule has 1 aliphatic heterocycles. The van der Waals surface area contributed by atoms with Crippen LogP contribution in [0.4, 0.5) is 21.9 Å². The predicted octanol–water partition coefficient (Wildman–Crippen LogP) is 5.87. The van der Waals surface area contributed by atoms with Crippen LogP contribution in [0.5, 0.6) is 11.5 Å². The number of urea groups is 1. The fourth-order valence-electron chi connectivity index (χ4n) is 4.83. The normalized spacial score (nSPS) is 14.3. The van der Waals surface area contributed by atoms with Crippen LogP contribution in [0.3, 0.4) is 0 Å². The highest BCUT2D eigenvalue weighted by molar-refractivity contribution is 6.00. The van der Waals surface area contributed by atoms with E-state index in [-0.39, 0.29) is 42.8 Å². The third-order valence-electron chi connectivity index (χ3n) is 7.42. The maximum absolute atomic E-state index is 12.9. The van der Waals surface area contributed by atoms with Gasteiger partial charge in [-0.1, -0.05) is 37.3 Å². The highest BCUT2D eigenvalue weighted by atomic mass is 16.5. The number of likely N-dealkylation sites (tertiary alicyclic amines) is 1. The number of hydrogen-bond acceptors (Lipinski definition) is 7. The van der Waals surface area contributed by atoms with Crippen LogP contribution >= 0.6 is 0 Å². The molecule has 1 aliphatic rings. The van der Waals surface area contributed by atoms with Gasteiger partial charge in [0.05, 0.1) is 26.6 Å². The van der Waals surface area contributed by atoms with E-state index in [0.717, 1.165) is 42.7 Å². The molecule has 1 atom stereocenters. The van der Waals surface area contributed by atoms with Gasteiger partial charge in [-0.3, -0.25) is 9.59 Å². The predicted molar refractivity (Wildman–Crippen MR) is 171 cm³/mol. The van der Waals surface area contributed by atoms with E-state index >= 15 is 0 Å². The molecule has 3 N–H and O–H groups in total. The number of esters is 1. The summed E-state index contributed by atoms with van der Waals surface area (Å²) >= 11 is 0. The molecule has 1 fully saturated rings. The molecule has 44 heavy (non-hydrogen) atoms. The Labute approximate surface area is 259 Å². The van der Waals surface area contributed by atoms with Crippen LogP contribution in [0.2, 0.25) is 0 Å². The van der Waals surface area contributed by atoms with Gasteiger partial charge in [0.25, 0.3) is 0 Å². The number of nitrogens with one attached hydrogen (secondary N) is 3. The zero-order valence-electron chi connectivity index (χ0n) is 25.9. The largest absolute Gasteiger partial charge is 0.489 e. The van der Waals surface area contributed by atoms with Gasteiger partial charge in [0.1, 0.15) is 6.10 Å². The minimum absolute atomic E-state index is 0.0668. The summed E-state index contributed by atoms with van der Waals surface area (Å²) < 4.78 is 17.2. The van der Waals surface area contributed by atoms with Crippen molar-refractivity contribution in [2.45, 2.75) is 45.6 Å². The third-order valence-corrected chi connectivity index (χ3v) is 7.42. The van der Waals surface area contributed by atoms with Crippen molar-refractivity contribution in [3.63, 3.8) is 0 Å². The van der Waals surface area contributed by atoms with E-state index in [0.29, 0.717) is 29.5 Å². The van der Waals surface area contributed by atoms with Crippen molar-refractivity contribution in [3.05, 3.63) is 77.9 Å². The zero-order chi connectivity index (χ0) is 31.5. The molecule has 3 aromatic carbocycles. The highest BCUT2D eigenvalue weighted by Crippen LogP contribution is 2.33. The SMILES string of the molecule is COC(=O)CC(C)COc1cc(NC(=O)Cc2ccc(NC(=O)Nc3ccccc3C)cc2)ccc1OC1CCN(C)CC1. The van der Waals surface area contributed by atoms with E-state index in [2.05, 4.69) is 27.9 Å². The number of aryl methyl sites for hydroxylation is 1. The van der Waals surface area contributed by atoms with E-state index < -0.39 is 0 Å². The van der Waals surface area contributed by atoms with Crippen LogP contribution in [0, 0.1) is 12.8 Å². The van der Waals surface area contributed by atoms with Crippen molar-refractivity contribution >= 4 is 35.0 Å². The number of piperidine rings is 1. The second-order valence-corrected chi connectivity index (χ2v) is 11.3. The fourth-order valence-corrected chi connectivity index (χ4v) is 4.83. The average Bonchev–Trinajstić information content (AvgIpc) is 3.00. The van der Waals surface area contributed by atoms with Gasteiger partial charge in [-0.05, 0) is 68.3 Å². The standard InChI is InChI=1S/C34H42N4O6/c1-23(19-33(40)42-4)22-43-31-21-27(13-14-30(31)44-28-15-17-38(3)18-16-28)35-32(39)20-25-9-11-26(12-10-25)36-34(41)37-29-8-6-5-7-24(29)2/h5-14,21,23,28H,15-20,22H2,1-4H3,(H,35,39)(H2,36,37,41). The number of para-hydroxylation sites is 1. The second-order valence-electron chi connectivity index (χ2n) is 11.3. The smallest absolute Gasteiger partial charge is 0.323 e. The van der Waals surface area contributed by atoms with Crippen molar-refractivity contribution in [3.8, 4) is 11.5 Å². The van der Waals surface area contributed by atoms with Gasteiger partial charge in [0, 0.05) is 42.1 Å². The second kappa shape index (κ2) is 15.8. The summed E-state index contributed by atoms with van der Waals surface area (Å²) in [4.78, 5) is 39.3. The number of anilines is 3. The van der Waals surface area contributed by atoms with Gasteiger partial charge in [0.15, 0.2) is 11.5 Å². The van der Waals surface area contributed by atoms with E-state index in [9.17, 15) is 14.4 Å². The zero-order valence-corrected chi connectivity index (χ0v) is 25.9. The molecule has 0 aromatic heterocycles. The number of benzene rings is 3. The first-order valence-corrected chi connectivity index (χ1v) is 14.9. The molecule has 0 aliphatic carbocycles. The molecule has 0 bridgehead atoms. The van der Waals surface area contributed by atoms with Crippen molar-refractivity contribution in [2.75, 3.05) is 49.8 Å². The summed E-state index contributed by atoms with van der Waals surface area (Å²) in [6, 6.07) is 19.7. The first-order valence-electron chi connectivity index (χ1n) is 14.9. The molecule has 234 valence electrons. The Morgan fingerprint density at radius 2 is 1.61 bits per heavy atom. The van der Waals surface area contributed by atoms with Gasteiger partial charge in [-0.15, -0.1) is 0 Å². The van der Waals surface area contributed by atoms with Crippen molar-refractivity contribution in [2.24, 2.45) is 5.92 Å². The van der Waals surface area contributed by atoms with Crippen molar-refractivity contribution in [1.29, 1.82) is 0 Å². The minimum Gasteiger partial charge on any atom is -0.489 e. The van der Waals surface area contributed by atoms with E-state index in [1.165, 1.54) is 7.11 Å². The van der Waals surface area contributed by atoms with Crippen molar-refractivity contribution in [1.82, 2.24) is 4.90 Å². The lowest BCUT2D eigenvalue weighted by molar-refractivity contribution is -0.141. The summed E-state index contributed by atoms with van der Waals surface area (Å²) in [5.41, 5.74) is 3.69. The molecular weight excluding hydrogens is 560 g/mol. The van der Waals surface area contributed by atoms with E-state index in [1.807, 2.05) is 44.2 Å². The number of rotatable bonds is 12. The highest BCUT2D eigenvalue weighted by Gasteiger charge is 2.21. The van der Waals surface area contributed by atoms with Gasteiger partial charge in [-0.25, -0.2) is 4.79 Å². The maximum atomic E-state index is 12.9. The number of carbonyl (C=O) groups is 3. The first kappa shape index (κ1) is 32.3. The Morgan fingerprint density at radius 1 is 0.909 bits per heavy atom. The molecule has 3 amide bonds. The Morgan fingerprint density at radius 3 is 2.32 bits per heavy atom. The van der Waals surface area contributed by atoms with E-state index in [1.54, 1.807) is 36.4 Å². The molecular formula is C34H42N4O6. The number of methoxy groups -OCH3 is 1. The summed E-state index contributed by atoms with van der Waals surface area (Å²) in [5, 5.41) is 8.59. The van der Waals surface area contributed by atoms with Crippen LogP contribution < -0.4 is 25.4 Å². The van der Waals surface area contributed by atoms with Crippen LogP contribution in [0.25, 0.3) is 0 Å². The summed E-state index contributed by atoms with van der Waals surface area (Å²) in [6.07, 6.45) is 2.30. The van der Waals surface area contributed by atoms with Gasteiger partial charge >= 0.3 is 12.0 Å². The molecule has 10 heteroatoms. The Balaban J connectivity index is 1.35. The number of nitrogens with zero attached hydrogens (tertiary/aromatic N) is 1. The maximum Gasteiger partial charge on any atom is 0.323 e. The topological polar surface area (TPSA) is 118 Å². The lowest BCUT2D eigenvalue weighted by Crippen LogP contribution is -2.35. The number of ether oxygens (including phenoxy) is 3. The van der Waals surface area contributed by atoms with Crippen LogP contribution in [-0.2, 0) is 20.7 Å². The van der Waals surface area contributed by atoms with Gasteiger partial charge in [-0.2, -0.15) is 0 Å². The summed E-state index contributed by atoms with van der Waals surface area (Å²) in [6.45, 7) is 6.05. The molecule has 4 rings (SSSR count). The number of amides is 3. The summed E-state index contributed by atoms with van der Waals surface area (Å²) in [7, 11) is 3.47. The lowest BCUT2D eigenvalue weighted by atomic mass is 10.1. The van der Waals surface area contributed by atoms with Gasteiger partial charge < -0.3 is 35.1 Å². The lowest BCUT2D eigenvalue weighted by Gasteiger charge is -2.30. The minimum atomic E-state index is -0.342. The quantitative estimate of drug-likeness (QED) is 0.222. The molecule has 0 spiro atoms. The first-order chi connectivity index (χ1) is 21.2. The molecule has 1 unspecified atom stereocenters. The number of hydrogen-bond donors (Lipinski definition) is 3. The molecule has 10 nitrogen and oxygen atoms in total. The van der Waals surface area contributed by atoms with Crippen LogP contribution in [-0.4, -0.2) is 62.8 Å². The Hall–Kier alpha value is -4.57. The fraction of sp³-hybridized carbons (Fsp3) is 0.382. The summed E-state index contributed by atoms with van der Waals surface area (Å²) in [5.74, 6) is 0.564. The Bertz CT molecular complexity index is 1420. The van der Waals surface area contributed by atoms with E-state index in [4.69, 9.17) is 14.2 Å². The molecule has 3 aromatic rings. The Kier molecular flexibility index (Phi) is 11.6. The van der Waals surface area contributed by atoms with Crippen LogP contribution in [0.15, 0.2) is 66.7 Å².